The van der Waals surface area contributed by atoms with Gasteiger partial charge in [0.15, 0.2) is 0 Å². The standard InChI is InChI=1S/C8H14N2O2/c1-3-10-5-4-7(11)9-6(2)8(10)12/h6H,3-5H2,1-2H3,(H,9,11)/t6-/m0/s1. The van der Waals surface area contributed by atoms with E-state index < -0.39 is 0 Å². The number of rotatable bonds is 1. The van der Waals surface area contributed by atoms with E-state index in [0.717, 1.165) is 0 Å². The minimum absolute atomic E-state index is 0.0170. The number of carbonyl (C=O) groups is 2. The maximum absolute atomic E-state index is 11.4. The van der Waals surface area contributed by atoms with E-state index in [2.05, 4.69) is 5.32 Å². The zero-order valence-electron chi connectivity index (χ0n) is 7.46. The molecule has 0 aromatic heterocycles. The molecule has 1 aliphatic heterocycles. The normalized spacial score (nSPS) is 25.2. The molecular weight excluding hydrogens is 156 g/mol. The minimum atomic E-state index is -0.361. The summed E-state index contributed by atoms with van der Waals surface area (Å²) < 4.78 is 0. The van der Waals surface area contributed by atoms with Gasteiger partial charge in [0, 0.05) is 19.5 Å². The van der Waals surface area contributed by atoms with Crippen LogP contribution in [0.3, 0.4) is 0 Å². The lowest BCUT2D eigenvalue weighted by molar-refractivity contribution is -0.132. The molecule has 0 saturated carbocycles. The fourth-order valence-corrected chi connectivity index (χ4v) is 1.31. The molecule has 0 aromatic carbocycles. The summed E-state index contributed by atoms with van der Waals surface area (Å²) in [6, 6.07) is -0.361. The Morgan fingerprint density at radius 1 is 1.58 bits per heavy atom. The van der Waals surface area contributed by atoms with E-state index in [4.69, 9.17) is 0 Å². The minimum Gasteiger partial charge on any atom is -0.345 e. The van der Waals surface area contributed by atoms with Crippen LogP contribution >= 0.6 is 0 Å². The second-order valence-electron chi connectivity index (χ2n) is 2.96. The summed E-state index contributed by atoms with van der Waals surface area (Å²) in [6.07, 6.45) is 0.421. The van der Waals surface area contributed by atoms with Gasteiger partial charge in [-0.05, 0) is 13.8 Å². The Kier molecular flexibility index (Phi) is 2.68. The molecule has 1 rings (SSSR count). The van der Waals surface area contributed by atoms with Crippen molar-refractivity contribution in [2.45, 2.75) is 26.3 Å². The van der Waals surface area contributed by atoms with Gasteiger partial charge in [-0.15, -0.1) is 0 Å². The van der Waals surface area contributed by atoms with Crippen molar-refractivity contribution < 1.29 is 9.59 Å². The number of likely N-dealkylation sites (N-methyl/N-ethyl adjacent to an activating group) is 1. The molecule has 4 nitrogen and oxygen atoms in total. The van der Waals surface area contributed by atoms with Crippen molar-refractivity contribution in [3.63, 3.8) is 0 Å². The molecule has 1 fully saturated rings. The van der Waals surface area contributed by atoms with E-state index in [1.807, 2.05) is 6.92 Å². The van der Waals surface area contributed by atoms with Gasteiger partial charge in [0.05, 0.1) is 0 Å². The fourth-order valence-electron chi connectivity index (χ4n) is 1.31. The average Bonchev–Trinajstić information content (AvgIpc) is 2.14. The molecule has 4 heteroatoms. The predicted molar refractivity (Wildman–Crippen MR) is 44.5 cm³/mol. The van der Waals surface area contributed by atoms with Crippen molar-refractivity contribution in [1.82, 2.24) is 10.2 Å². The molecule has 0 radical (unpaired) electrons. The lowest BCUT2D eigenvalue weighted by Gasteiger charge is -2.19. The highest BCUT2D eigenvalue weighted by Gasteiger charge is 2.24. The number of nitrogens with one attached hydrogen (secondary N) is 1. The third kappa shape index (κ3) is 1.75. The Morgan fingerprint density at radius 2 is 2.25 bits per heavy atom. The first kappa shape index (κ1) is 9.03. The van der Waals surface area contributed by atoms with E-state index in [1.165, 1.54) is 0 Å². The van der Waals surface area contributed by atoms with Crippen LogP contribution in [-0.4, -0.2) is 35.8 Å². The summed E-state index contributed by atoms with van der Waals surface area (Å²) >= 11 is 0. The number of hydrogen-bond acceptors (Lipinski definition) is 2. The molecule has 0 spiro atoms. The smallest absolute Gasteiger partial charge is 0.244 e. The molecule has 1 N–H and O–H groups in total. The molecule has 12 heavy (non-hydrogen) atoms. The van der Waals surface area contributed by atoms with Gasteiger partial charge in [-0.3, -0.25) is 9.59 Å². The molecule has 2 amide bonds. The van der Waals surface area contributed by atoms with Crippen molar-refractivity contribution >= 4 is 11.8 Å². The summed E-state index contributed by atoms with van der Waals surface area (Å²) in [4.78, 5) is 24.1. The number of nitrogens with zero attached hydrogens (tertiary/aromatic N) is 1. The topological polar surface area (TPSA) is 49.4 Å². The summed E-state index contributed by atoms with van der Waals surface area (Å²) in [6.45, 7) is 4.86. The van der Waals surface area contributed by atoms with Crippen molar-refractivity contribution in [2.24, 2.45) is 0 Å². The van der Waals surface area contributed by atoms with Crippen LogP contribution in [0.1, 0.15) is 20.3 Å². The Labute approximate surface area is 71.9 Å². The highest BCUT2D eigenvalue weighted by atomic mass is 16.2. The summed E-state index contributed by atoms with van der Waals surface area (Å²) in [7, 11) is 0. The van der Waals surface area contributed by atoms with Crippen LogP contribution in [0.5, 0.6) is 0 Å². The highest BCUT2D eigenvalue weighted by molar-refractivity contribution is 5.89. The largest absolute Gasteiger partial charge is 0.345 e. The van der Waals surface area contributed by atoms with Gasteiger partial charge in [-0.2, -0.15) is 0 Å². The molecule has 1 heterocycles. The van der Waals surface area contributed by atoms with Crippen molar-refractivity contribution in [3.05, 3.63) is 0 Å². The number of carbonyl (C=O) groups excluding carboxylic acids is 2. The summed E-state index contributed by atoms with van der Waals surface area (Å²) in [5, 5.41) is 2.63. The van der Waals surface area contributed by atoms with Crippen LogP contribution in [0, 0.1) is 0 Å². The van der Waals surface area contributed by atoms with Gasteiger partial charge in [0.2, 0.25) is 11.8 Å². The molecular formula is C8H14N2O2. The van der Waals surface area contributed by atoms with Crippen molar-refractivity contribution in [2.75, 3.05) is 13.1 Å². The molecule has 0 aliphatic carbocycles. The summed E-state index contributed by atoms with van der Waals surface area (Å²) in [5.74, 6) is -0.0184. The second-order valence-corrected chi connectivity index (χ2v) is 2.96. The molecule has 0 bridgehead atoms. The first-order chi connectivity index (χ1) is 5.65. The van der Waals surface area contributed by atoms with Crippen LogP contribution in [0.15, 0.2) is 0 Å². The summed E-state index contributed by atoms with van der Waals surface area (Å²) in [5.41, 5.74) is 0. The zero-order valence-corrected chi connectivity index (χ0v) is 7.46. The first-order valence-corrected chi connectivity index (χ1v) is 4.23. The van der Waals surface area contributed by atoms with Gasteiger partial charge >= 0.3 is 0 Å². The molecule has 1 aliphatic rings. The van der Waals surface area contributed by atoms with E-state index in [1.54, 1.807) is 11.8 Å². The van der Waals surface area contributed by atoms with Gasteiger partial charge in [-0.1, -0.05) is 0 Å². The quantitative estimate of drug-likeness (QED) is 0.589. The van der Waals surface area contributed by atoms with E-state index in [9.17, 15) is 9.59 Å². The molecule has 68 valence electrons. The molecule has 1 atom stereocenters. The predicted octanol–water partition coefficient (Wildman–Crippen LogP) is -0.257. The number of hydrogen-bond donors (Lipinski definition) is 1. The first-order valence-electron chi connectivity index (χ1n) is 4.23. The van der Waals surface area contributed by atoms with Gasteiger partial charge in [0.1, 0.15) is 6.04 Å². The van der Waals surface area contributed by atoms with Crippen LogP contribution in [0.25, 0.3) is 0 Å². The Hall–Kier alpha value is -1.06. The zero-order chi connectivity index (χ0) is 9.14. The van der Waals surface area contributed by atoms with Crippen molar-refractivity contribution in [1.29, 1.82) is 0 Å². The Morgan fingerprint density at radius 3 is 2.83 bits per heavy atom. The highest BCUT2D eigenvalue weighted by Crippen LogP contribution is 2.01. The van der Waals surface area contributed by atoms with Crippen LogP contribution in [0.2, 0.25) is 0 Å². The average molecular weight is 170 g/mol. The Balaban J connectivity index is 2.69. The Bertz CT molecular complexity index is 203. The third-order valence-electron chi connectivity index (χ3n) is 2.05. The maximum atomic E-state index is 11.4. The molecule has 0 unspecified atom stereocenters. The SMILES string of the molecule is CCN1CCC(=O)N[C@@H](C)C1=O. The van der Waals surface area contributed by atoms with E-state index in [-0.39, 0.29) is 17.9 Å². The lowest BCUT2D eigenvalue weighted by atomic mass is 10.3. The molecule has 0 aromatic rings. The van der Waals surface area contributed by atoms with Gasteiger partial charge in [-0.25, -0.2) is 0 Å². The maximum Gasteiger partial charge on any atom is 0.244 e. The monoisotopic (exact) mass is 170 g/mol. The van der Waals surface area contributed by atoms with Crippen molar-refractivity contribution in [3.8, 4) is 0 Å². The van der Waals surface area contributed by atoms with Gasteiger partial charge in [0.25, 0.3) is 0 Å². The van der Waals surface area contributed by atoms with E-state index in [0.29, 0.717) is 19.5 Å². The van der Waals surface area contributed by atoms with Crippen LogP contribution in [0.4, 0.5) is 0 Å². The second kappa shape index (κ2) is 3.56. The number of amides is 2. The van der Waals surface area contributed by atoms with Crippen LogP contribution < -0.4 is 5.32 Å². The molecule has 1 saturated heterocycles. The third-order valence-corrected chi connectivity index (χ3v) is 2.05. The van der Waals surface area contributed by atoms with Crippen LogP contribution in [-0.2, 0) is 9.59 Å². The van der Waals surface area contributed by atoms with Gasteiger partial charge < -0.3 is 10.2 Å². The lowest BCUT2D eigenvalue weighted by Crippen LogP contribution is -2.42. The fraction of sp³-hybridized carbons (Fsp3) is 0.750. The van der Waals surface area contributed by atoms with E-state index >= 15 is 0 Å².